The van der Waals surface area contributed by atoms with Gasteiger partial charge in [-0.25, -0.2) is 0 Å². The minimum absolute atomic E-state index is 0.387. The fourth-order valence-corrected chi connectivity index (χ4v) is 2.99. The van der Waals surface area contributed by atoms with Crippen molar-refractivity contribution < 1.29 is 10.2 Å². The molecule has 0 saturated heterocycles. The highest BCUT2D eigenvalue weighted by Gasteiger charge is 2.37. The monoisotopic (exact) mass is 184 g/mol. The van der Waals surface area contributed by atoms with E-state index in [1.165, 1.54) is 0 Å². The Hall–Kier alpha value is -0.0800. The van der Waals surface area contributed by atoms with Crippen molar-refractivity contribution in [1.82, 2.24) is 0 Å². The van der Waals surface area contributed by atoms with Crippen molar-refractivity contribution in [3.8, 4) is 0 Å². The third-order valence-electron chi connectivity index (χ3n) is 3.85. The van der Waals surface area contributed by atoms with E-state index in [0.29, 0.717) is 0 Å². The van der Waals surface area contributed by atoms with Crippen molar-refractivity contribution in [3.63, 3.8) is 0 Å². The topological polar surface area (TPSA) is 40.5 Å². The summed E-state index contributed by atoms with van der Waals surface area (Å²) in [5.41, 5.74) is -0.774. The van der Waals surface area contributed by atoms with Gasteiger partial charge >= 0.3 is 0 Å². The molecule has 2 nitrogen and oxygen atoms in total. The lowest BCUT2D eigenvalue weighted by Gasteiger charge is -2.40. The maximum absolute atomic E-state index is 10.2. The average Bonchev–Trinajstić information content (AvgIpc) is 1.98. The van der Waals surface area contributed by atoms with Crippen LogP contribution in [0.15, 0.2) is 0 Å². The van der Waals surface area contributed by atoms with E-state index in [1.54, 1.807) is 0 Å². The summed E-state index contributed by atoms with van der Waals surface area (Å²) in [6.45, 7) is 0. The van der Waals surface area contributed by atoms with Crippen LogP contribution in [0.5, 0.6) is 0 Å². The Morgan fingerprint density at radius 3 is 1.00 bits per heavy atom. The van der Waals surface area contributed by atoms with Crippen LogP contribution in [0, 0.1) is 0 Å². The van der Waals surface area contributed by atoms with Crippen LogP contribution < -0.4 is 0 Å². The maximum Gasteiger partial charge on any atom is 0.0647 e. The van der Waals surface area contributed by atoms with Crippen LogP contribution in [0.1, 0.15) is 57.8 Å². The SMILES string of the molecule is OC12CCCC(O)(CCC1)CCC2. The molecule has 0 amide bonds. The Labute approximate surface area is 80.0 Å². The highest BCUT2D eigenvalue weighted by atomic mass is 16.3. The molecular formula is C11H20O2. The molecule has 0 aliphatic heterocycles. The van der Waals surface area contributed by atoms with Crippen molar-refractivity contribution in [2.45, 2.75) is 69.0 Å². The van der Waals surface area contributed by atoms with Gasteiger partial charge in [-0.3, -0.25) is 0 Å². The molecule has 0 heterocycles. The molecule has 13 heavy (non-hydrogen) atoms. The van der Waals surface area contributed by atoms with Gasteiger partial charge in [0.25, 0.3) is 0 Å². The lowest BCUT2D eigenvalue weighted by Crippen LogP contribution is -2.39. The molecule has 2 N–H and O–H groups in total. The van der Waals surface area contributed by atoms with Gasteiger partial charge in [-0.05, 0) is 57.8 Å². The zero-order chi connectivity index (χ0) is 9.36. The highest BCUT2D eigenvalue weighted by molar-refractivity contribution is 4.91. The first-order valence-electron chi connectivity index (χ1n) is 5.57. The van der Waals surface area contributed by atoms with Crippen LogP contribution in [0.3, 0.4) is 0 Å². The van der Waals surface area contributed by atoms with Gasteiger partial charge in [-0.2, -0.15) is 0 Å². The standard InChI is InChI=1S/C11H20O2/c12-10-4-1-5-11(13,7-2-6-10)9-3-8-10/h12-13H,1-9H2. The Morgan fingerprint density at radius 2 is 0.769 bits per heavy atom. The molecule has 76 valence electrons. The number of fused-ring (bicyclic) bond motifs is 6. The second-order valence-corrected chi connectivity index (χ2v) is 5.01. The van der Waals surface area contributed by atoms with Crippen molar-refractivity contribution in [1.29, 1.82) is 0 Å². The quantitative estimate of drug-likeness (QED) is 0.604. The first kappa shape index (κ1) is 9.47. The van der Waals surface area contributed by atoms with Crippen molar-refractivity contribution >= 4 is 0 Å². The molecule has 3 fully saturated rings. The van der Waals surface area contributed by atoms with E-state index in [9.17, 15) is 10.2 Å². The van der Waals surface area contributed by atoms with Gasteiger partial charge in [-0.1, -0.05) is 0 Å². The molecule has 3 aliphatic rings. The van der Waals surface area contributed by atoms with Crippen LogP contribution in [0.4, 0.5) is 0 Å². The average molecular weight is 184 g/mol. The van der Waals surface area contributed by atoms with E-state index in [-0.39, 0.29) is 11.2 Å². The number of hydrogen-bond donors (Lipinski definition) is 2. The Morgan fingerprint density at radius 1 is 0.538 bits per heavy atom. The lowest BCUT2D eigenvalue weighted by atomic mass is 9.73. The predicted molar refractivity (Wildman–Crippen MR) is 51.5 cm³/mol. The van der Waals surface area contributed by atoms with Crippen LogP contribution in [-0.2, 0) is 0 Å². The molecule has 0 atom stereocenters. The summed E-state index contributed by atoms with van der Waals surface area (Å²) >= 11 is 0. The van der Waals surface area contributed by atoms with E-state index >= 15 is 0 Å². The summed E-state index contributed by atoms with van der Waals surface area (Å²) in [5.74, 6) is 0. The van der Waals surface area contributed by atoms with Crippen LogP contribution in [0.25, 0.3) is 0 Å². The first-order chi connectivity index (χ1) is 6.12. The van der Waals surface area contributed by atoms with Gasteiger partial charge in [0.05, 0.1) is 11.2 Å². The fraction of sp³-hybridized carbons (Fsp3) is 1.00. The molecule has 0 spiro atoms. The van der Waals surface area contributed by atoms with E-state index in [0.717, 1.165) is 57.8 Å². The molecule has 0 radical (unpaired) electrons. The normalized spacial score (nSPS) is 46.6. The van der Waals surface area contributed by atoms with Gasteiger partial charge in [0.1, 0.15) is 0 Å². The molecule has 3 saturated carbocycles. The Balaban J connectivity index is 2.12. The largest absolute Gasteiger partial charge is 0.390 e. The van der Waals surface area contributed by atoms with Gasteiger partial charge < -0.3 is 10.2 Å². The number of hydrogen-bond acceptors (Lipinski definition) is 2. The molecular weight excluding hydrogens is 164 g/mol. The van der Waals surface area contributed by atoms with Crippen molar-refractivity contribution in [2.24, 2.45) is 0 Å². The number of rotatable bonds is 0. The zero-order valence-corrected chi connectivity index (χ0v) is 8.26. The highest BCUT2D eigenvalue weighted by Crippen LogP contribution is 2.40. The maximum atomic E-state index is 10.2. The molecule has 0 aromatic rings. The predicted octanol–water partition coefficient (Wildman–Crippen LogP) is 1.99. The molecule has 3 aliphatic carbocycles. The van der Waals surface area contributed by atoms with Crippen molar-refractivity contribution in [2.75, 3.05) is 0 Å². The van der Waals surface area contributed by atoms with Gasteiger partial charge in [0.15, 0.2) is 0 Å². The number of aliphatic hydroxyl groups is 2. The van der Waals surface area contributed by atoms with E-state index in [1.807, 2.05) is 0 Å². The van der Waals surface area contributed by atoms with Crippen LogP contribution in [0.2, 0.25) is 0 Å². The summed E-state index contributed by atoms with van der Waals surface area (Å²) in [7, 11) is 0. The summed E-state index contributed by atoms with van der Waals surface area (Å²) in [5, 5.41) is 20.4. The van der Waals surface area contributed by atoms with Gasteiger partial charge in [-0.15, -0.1) is 0 Å². The summed E-state index contributed by atoms with van der Waals surface area (Å²) < 4.78 is 0. The first-order valence-corrected chi connectivity index (χ1v) is 5.57. The van der Waals surface area contributed by atoms with Crippen LogP contribution >= 0.6 is 0 Å². The summed E-state index contributed by atoms with van der Waals surface area (Å²) in [4.78, 5) is 0. The van der Waals surface area contributed by atoms with E-state index in [4.69, 9.17) is 0 Å². The second-order valence-electron chi connectivity index (χ2n) is 5.01. The molecule has 3 rings (SSSR count). The second kappa shape index (κ2) is 3.25. The minimum Gasteiger partial charge on any atom is -0.390 e. The molecule has 0 aromatic heterocycles. The lowest BCUT2D eigenvalue weighted by molar-refractivity contribution is -0.0649. The van der Waals surface area contributed by atoms with E-state index in [2.05, 4.69) is 0 Å². The van der Waals surface area contributed by atoms with Crippen LogP contribution in [-0.4, -0.2) is 21.4 Å². The van der Waals surface area contributed by atoms with Gasteiger partial charge in [0.2, 0.25) is 0 Å². The van der Waals surface area contributed by atoms with Crippen molar-refractivity contribution in [3.05, 3.63) is 0 Å². The smallest absolute Gasteiger partial charge is 0.0647 e. The Bertz CT molecular complexity index is 141. The fourth-order valence-electron chi connectivity index (χ4n) is 2.99. The summed E-state index contributed by atoms with van der Waals surface area (Å²) in [6, 6.07) is 0. The molecule has 2 bridgehead atoms. The Kier molecular flexibility index (Phi) is 2.37. The summed E-state index contributed by atoms with van der Waals surface area (Å²) in [6.07, 6.45) is 8.37. The van der Waals surface area contributed by atoms with Gasteiger partial charge in [0, 0.05) is 0 Å². The molecule has 0 aromatic carbocycles. The van der Waals surface area contributed by atoms with E-state index < -0.39 is 0 Å². The zero-order valence-electron chi connectivity index (χ0n) is 8.26. The molecule has 0 unspecified atom stereocenters. The molecule has 2 heteroatoms. The minimum atomic E-state index is -0.387. The third kappa shape index (κ3) is 2.05. The third-order valence-corrected chi connectivity index (χ3v) is 3.85.